The molecule has 26 heteroatoms. The molecule has 9 N–H and O–H groups in total. The number of nitrogens with one attached hydrogen (secondary N) is 1. The Balaban J connectivity index is 1.12. The first-order valence-electron chi connectivity index (χ1n) is 19.1. The number of carboxylic acids is 1. The highest BCUT2D eigenvalue weighted by atomic mass is 31.3. The molecular formula is C39H41N7O16P3+. The van der Waals surface area contributed by atoms with Gasteiger partial charge in [0, 0.05) is 66.6 Å². The second kappa shape index (κ2) is 18.2. The first-order valence-corrected chi connectivity index (χ1v) is 23.6. The molecule has 1 saturated heterocycles. The molecule has 5 atom stereocenters. The van der Waals surface area contributed by atoms with Crippen LogP contribution in [0.3, 0.4) is 0 Å². The van der Waals surface area contributed by atoms with Gasteiger partial charge in [-0.1, -0.05) is 11.8 Å². The molecule has 2 unspecified atom stereocenters. The summed E-state index contributed by atoms with van der Waals surface area (Å²) in [5.74, 6) is 4.56. The van der Waals surface area contributed by atoms with Crippen LogP contribution in [-0.2, 0) is 31.6 Å². The first kappa shape index (κ1) is 47.2. The van der Waals surface area contributed by atoms with Gasteiger partial charge in [-0.3, -0.25) is 9.32 Å². The zero-order chi connectivity index (χ0) is 47.2. The number of nitrogens with two attached hydrogens (primary N) is 1. The maximum atomic E-state index is 13.7. The van der Waals surface area contributed by atoms with Crippen molar-refractivity contribution in [1.82, 2.24) is 24.4 Å². The Morgan fingerprint density at radius 1 is 1.00 bits per heavy atom. The molecule has 342 valence electrons. The predicted molar refractivity (Wildman–Crippen MR) is 232 cm³/mol. The molecule has 2 aliphatic heterocycles. The lowest BCUT2D eigenvalue weighted by atomic mass is 9.89. The molecule has 0 spiro atoms. The number of benzene rings is 3. The number of hydrogen-bond acceptors (Lipinski definition) is 15. The molecule has 2 aromatic heterocycles. The van der Waals surface area contributed by atoms with Crippen LogP contribution in [0.15, 0.2) is 71.5 Å². The molecule has 1 fully saturated rings. The SMILES string of the molecule is CN(C)c1ccc2c(-c3cc(C(=O)NCC#Cc4cn([C@H]5C[C@H](O)[C@@H](COP(=O)(O)OP(=O)(O)OP(=O)(O)O)O5)c5ncnc(N)c45)ccc3C(=O)O)c3ccc(=[N+](C)C)cc-3oc2c1. The van der Waals surface area contributed by atoms with Gasteiger partial charge in [-0.25, -0.2) is 33.0 Å². The Kier molecular flexibility index (Phi) is 13.2. The standard InChI is InChI=1S/C39H40N7O16P3/c1-44(2)23-8-11-26-30(15-23)59-31-16-24(45(3)4)9-12-27(31)35(26)28-14-21(7-10-25(28)39(49)50)38(48)41-13-5-6-22-18-46(37-34(22)36(40)42-20-43-37)33-17-29(47)32(60-33)19-58-64(54,55)62-65(56,57)61-63(51,52)53/h7-12,14-16,18,20,29,32-33,47H,13,17,19H2,1-4H3,(H7-,40,41,42,43,48,49,50,51,52,53,54,55,56,57)/p+1/t29-,32+,33+/m0/s1. The molecule has 1 aliphatic carbocycles. The van der Waals surface area contributed by atoms with E-state index in [1.807, 2.05) is 74.1 Å². The molecule has 3 aliphatic rings. The number of amides is 1. The highest BCUT2D eigenvalue weighted by Crippen LogP contribution is 2.66. The number of anilines is 2. The van der Waals surface area contributed by atoms with E-state index in [0.717, 1.165) is 11.0 Å². The van der Waals surface area contributed by atoms with Crippen molar-refractivity contribution in [3.8, 4) is 34.3 Å². The van der Waals surface area contributed by atoms with Crippen LogP contribution >= 0.6 is 23.5 Å². The molecule has 7 rings (SSSR count). The lowest BCUT2D eigenvalue weighted by Gasteiger charge is -2.19. The molecule has 0 saturated carbocycles. The van der Waals surface area contributed by atoms with Crippen molar-refractivity contribution in [2.24, 2.45) is 0 Å². The summed E-state index contributed by atoms with van der Waals surface area (Å²) in [6, 6.07) is 15.5. The quantitative estimate of drug-likeness (QED) is 0.0357. The Labute approximate surface area is 368 Å². The van der Waals surface area contributed by atoms with Gasteiger partial charge in [0.05, 0.1) is 41.8 Å². The molecule has 2 aromatic carbocycles. The minimum atomic E-state index is -5.77. The summed E-state index contributed by atoms with van der Waals surface area (Å²) in [6.45, 7) is -1.08. The van der Waals surface area contributed by atoms with Gasteiger partial charge < -0.3 is 59.5 Å². The third-order valence-corrected chi connectivity index (χ3v) is 13.8. The fourth-order valence-corrected chi connectivity index (χ4v) is 10.1. The van der Waals surface area contributed by atoms with E-state index in [9.17, 15) is 43.3 Å². The number of aliphatic hydroxyl groups is 1. The number of fused-ring (bicyclic) bond motifs is 3. The Bertz CT molecular complexity index is 3130. The number of carboxylic acid groups (broad SMARTS) is 1. The number of rotatable bonds is 13. The van der Waals surface area contributed by atoms with E-state index in [2.05, 4.69) is 40.3 Å². The summed E-state index contributed by atoms with van der Waals surface area (Å²) in [7, 11) is -9.32. The van der Waals surface area contributed by atoms with Crippen LogP contribution in [-0.4, -0.2) is 110 Å². The van der Waals surface area contributed by atoms with Crippen molar-refractivity contribution in [3.63, 3.8) is 0 Å². The molecule has 65 heavy (non-hydrogen) atoms. The first-order chi connectivity index (χ1) is 30.5. The van der Waals surface area contributed by atoms with E-state index < -0.39 is 60.4 Å². The Hall–Kier alpha value is -5.82. The number of phosphoric acid groups is 3. The van der Waals surface area contributed by atoms with Gasteiger partial charge in [-0.15, -0.1) is 0 Å². The van der Waals surface area contributed by atoms with Crippen molar-refractivity contribution in [1.29, 1.82) is 0 Å². The van der Waals surface area contributed by atoms with Crippen LogP contribution in [0.1, 0.15) is 38.9 Å². The second-order valence-electron chi connectivity index (χ2n) is 14.9. The lowest BCUT2D eigenvalue weighted by Crippen LogP contribution is -2.26. The van der Waals surface area contributed by atoms with Gasteiger partial charge >= 0.3 is 29.4 Å². The van der Waals surface area contributed by atoms with E-state index in [-0.39, 0.29) is 41.1 Å². The molecule has 23 nitrogen and oxygen atoms in total. The fraction of sp³-hybridized carbons (Fsp3) is 0.256. The van der Waals surface area contributed by atoms with E-state index in [4.69, 9.17) is 24.7 Å². The van der Waals surface area contributed by atoms with Crippen LogP contribution in [0.4, 0.5) is 11.5 Å². The highest BCUT2D eigenvalue weighted by Gasteiger charge is 2.43. The maximum Gasteiger partial charge on any atom is 0.490 e. The van der Waals surface area contributed by atoms with Gasteiger partial charge in [-0.05, 0) is 42.0 Å². The second-order valence-corrected chi connectivity index (χ2v) is 19.3. The summed E-state index contributed by atoms with van der Waals surface area (Å²) in [6.07, 6.45) is -1.16. The number of ether oxygens (including phenoxy) is 1. The smallest absolute Gasteiger partial charge is 0.478 e. The number of carbonyl (C=O) groups is 2. The van der Waals surface area contributed by atoms with Crippen molar-refractivity contribution >= 4 is 68.9 Å². The molecule has 1 amide bonds. The molecular weight excluding hydrogens is 915 g/mol. The summed E-state index contributed by atoms with van der Waals surface area (Å²) in [5.41, 5.74) is 9.66. The molecule has 4 aromatic rings. The van der Waals surface area contributed by atoms with Crippen LogP contribution in [0, 0.1) is 11.8 Å². The van der Waals surface area contributed by atoms with Crippen LogP contribution in [0.25, 0.3) is 44.5 Å². The zero-order valence-electron chi connectivity index (χ0n) is 34.6. The lowest BCUT2D eigenvalue weighted by molar-refractivity contribution is -0.0421. The third-order valence-electron chi connectivity index (χ3n) is 10.0. The van der Waals surface area contributed by atoms with Gasteiger partial charge in [0.15, 0.2) is 0 Å². The molecule has 0 radical (unpaired) electrons. The van der Waals surface area contributed by atoms with Crippen molar-refractivity contribution in [3.05, 3.63) is 89.2 Å². The number of hydrogen-bond donors (Lipinski definition) is 8. The van der Waals surface area contributed by atoms with E-state index >= 15 is 0 Å². The maximum absolute atomic E-state index is 13.7. The van der Waals surface area contributed by atoms with Gasteiger partial charge in [0.2, 0.25) is 5.36 Å². The van der Waals surface area contributed by atoms with Crippen molar-refractivity contribution in [2.45, 2.75) is 24.9 Å². The monoisotopic (exact) mass is 956 g/mol. The van der Waals surface area contributed by atoms with Gasteiger partial charge in [0.25, 0.3) is 5.91 Å². The highest BCUT2D eigenvalue weighted by molar-refractivity contribution is 7.66. The zero-order valence-corrected chi connectivity index (χ0v) is 37.3. The number of aliphatic hydroxyl groups excluding tert-OH is 1. The van der Waals surface area contributed by atoms with Gasteiger partial charge in [0.1, 0.15) is 55.6 Å². The predicted octanol–water partition coefficient (Wildman–Crippen LogP) is 3.10. The average Bonchev–Trinajstić information content (AvgIpc) is 3.78. The molecule has 0 bridgehead atoms. The van der Waals surface area contributed by atoms with Gasteiger partial charge in [-0.2, -0.15) is 8.62 Å². The van der Waals surface area contributed by atoms with E-state index in [1.54, 1.807) is 0 Å². The number of aromatic nitrogens is 3. The number of nitrogen functional groups attached to an aromatic ring is 1. The third kappa shape index (κ3) is 10.5. The van der Waals surface area contributed by atoms with E-state index in [1.165, 1.54) is 35.3 Å². The minimum absolute atomic E-state index is 0.0283. The van der Waals surface area contributed by atoms with Crippen molar-refractivity contribution in [2.75, 3.05) is 52.0 Å². The Morgan fingerprint density at radius 2 is 1.75 bits per heavy atom. The topological polar surface area (TPSA) is 332 Å². The Morgan fingerprint density at radius 3 is 2.45 bits per heavy atom. The minimum Gasteiger partial charge on any atom is -0.478 e. The summed E-state index contributed by atoms with van der Waals surface area (Å²) in [5, 5.41) is 25.6. The normalized spacial score (nSPS) is 18.2. The van der Waals surface area contributed by atoms with E-state index in [0.29, 0.717) is 38.8 Å². The number of carbonyl (C=O) groups excluding carboxylic acids is 1. The average molecular weight is 957 g/mol. The number of phosphoric ester groups is 1. The van der Waals surface area contributed by atoms with Crippen LogP contribution in [0.2, 0.25) is 0 Å². The summed E-state index contributed by atoms with van der Waals surface area (Å²) in [4.78, 5) is 73.3. The fourth-order valence-electron chi connectivity index (χ4n) is 7.09. The van der Waals surface area contributed by atoms with Crippen LogP contribution in [0.5, 0.6) is 0 Å². The number of aromatic carboxylic acids is 1. The number of nitrogens with zero attached hydrogens (tertiary/aromatic N) is 5. The van der Waals surface area contributed by atoms with Crippen molar-refractivity contribution < 1.29 is 75.4 Å². The largest absolute Gasteiger partial charge is 0.490 e. The summed E-state index contributed by atoms with van der Waals surface area (Å²) < 4.78 is 62.5. The molecule has 4 heterocycles. The summed E-state index contributed by atoms with van der Waals surface area (Å²) >= 11 is 0. The van der Waals surface area contributed by atoms with Crippen LogP contribution < -0.4 is 25.9 Å².